The number of carbonyl (C=O) groups is 2. The summed E-state index contributed by atoms with van der Waals surface area (Å²) in [5.41, 5.74) is -0.859. The van der Waals surface area contributed by atoms with Crippen molar-refractivity contribution in [3.8, 4) is 0 Å². The van der Waals surface area contributed by atoms with Gasteiger partial charge in [0, 0.05) is 19.2 Å². The summed E-state index contributed by atoms with van der Waals surface area (Å²) >= 11 is 0. The van der Waals surface area contributed by atoms with Crippen molar-refractivity contribution in [3.63, 3.8) is 0 Å². The van der Waals surface area contributed by atoms with Crippen molar-refractivity contribution in [1.29, 1.82) is 0 Å². The fraction of sp³-hybridized carbons (Fsp3) is 0.625. The van der Waals surface area contributed by atoms with E-state index in [-0.39, 0.29) is 18.2 Å². The third-order valence-electron chi connectivity index (χ3n) is 3.79. The van der Waals surface area contributed by atoms with E-state index >= 15 is 0 Å². The molecule has 0 aromatic rings. The fourth-order valence-corrected chi connectivity index (χ4v) is 2.70. The van der Waals surface area contributed by atoms with E-state index in [0.717, 1.165) is 25.7 Å². The molecule has 0 fully saturated rings. The van der Waals surface area contributed by atoms with E-state index in [9.17, 15) is 9.59 Å². The van der Waals surface area contributed by atoms with Crippen LogP contribution in [0.1, 0.15) is 45.4 Å². The average molecular weight is 279 g/mol. The molecule has 0 amide bonds. The maximum atomic E-state index is 12.3. The molecule has 0 N–H and O–H groups in total. The number of rotatable bonds is 8. The molecule has 0 bridgehead atoms. The number of nitrogens with zero attached hydrogens (tertiary/aromatic N) is 1. The molecule has 0 spiro atoms. The first-order valence-corrected chi connectivity index (χ1v) is 7.27. The van der Waals surface area contributed by atoms with Crippen LogP contribution in [-0.4, -0.2) is 35.8 Å². The Labute approximate surface area is 121 Å². The van der Waals surface area contributed by atoms with E-state index in [2.05, 4.69) is 13.5 Å². The number of ketones is 1. The monoisotopic (exact) mass is 279 g/mol. The second-order valence-corrected chi connectivity index (χ2v) is 5.23. The number of allylic oxidation sites excluding steroid dienone is 1. The minimum atomic E-state index is -0.859. The largest absolute Gasteiger partial charge is 0.467 e. The molecule has 1 atom stereocenters. The van der Waals surface area contributed by atoms with Gasteiger partial charge in [0.25, 0.3) is 0 Å². The van der Waals surface area contributed by atoms with Crippen molar-refractivity contribution in [2.24, 2.45) is 0 Å². The van der Waals surface area contributed by atoms with Gasteiger partial charge < -0.3 is 9.64 Å². The molecule has 0 aromatic heterocycles. The number of carbonyl (C=O) groups excluding carboxylic acids is 2. The molecule has 1 aliphatic rings. The lowest BCUT2D eigenvalue weighted by atomic mass is 9.83. The zero-order valence-electron chi connectivity index (χ0n) is 12.6. The smallest absolute Gasteiger partial charge is 0.332 e. The number of methoxy groups -OCH3 is 1. The van der Waals surface area contributed by atoms with Gasteiger partial charge in [-0.05, 0) is 12.5 Å². The van der Waals surface area contributed by atoms with Crippen LogP contribution in [0.3, 0.4) is 0 Å². The Morgan fingerprint density at radius 1 is 1.50 bits per heavy atom. The van der Waals surface area contributed by atoms with Gasteiger partial charge in [0.15, 0.2) is 5.78 Å². The van der Waals surface area contributed by atoms with Gasteiger partial charge in [-0.1, -0.05) is 38.7 Å². The Bertz CT molecular complexity index is 389. The van der Waals surface area contributed by atoms with Crippen LogP contribution in [0.2, 0.25) is 0 Å². The first-order chi connectivity index (χ1) is 9.60. The summed E-state index contributed by atoms with van der Waals surface area (Å²) in [4.78, 5) is 26.0. The summed E-state index contributed by atoms with van der Waals surface area (Å²) in [6, 6.07) is 0. The maximum Gasteiger partial charge on any atom is 0.332 e. The van der Waals surface area contributed by atoms with Crippen molar-refractivity contribution >= 4 is 11.8 Å². The van der Waals surface area contributed by atoms with Crippen molar-refractivity contribution in [2.45, 2.75) is 51.0 Å². The van der Waals surface area contributed by atoms with Gasteiger partial charge in [0.2, 0.25) is 0 Å². The van der Waals surface area contributed by atoms with Crippen LogP contribution < -0.4 is 0 Å². The third kappa shape index (κ3) is 3.71. The van der Waals surface area contributed by atoms with Crippen molar-refractivity contribution in [2.75, 3.05) is 13.7 Å². The molecule has 0 saturated heterocycles. The molecule has 4 heteroatoms. The highest BCUT2D eigenvalue weighted by Gasteiger charge is 2.46. The summed E-state index contributed by atoms with van der Waals surface area (Å²) in [5.74, 6) is -0.347. The van der Waals surface area contributed by atoms with Crippen LogP contribution in [0.4, 0.5) is 0 Å². The Morgan fingerprint density at radius 2 is 2.25 bits per heavy atom. The van der Waals surface area contributed by atoms with Crippen LogP contribution in [0, 0.1) is 0 Å². The number of hydrogen-bond donors (Lipinski definition) is 0. The van der Waals surface area contributed by atoms with E-state index < -0.39 is 5.54 Å². The molecule has 112 valence electrons. The maximum absolute atomic E-state index is 12.3. The second-order valence-electron chi connectivity index (χ2n) is 5.23. The summed E-state index contributed by atoms with van der Waals surface area (Å²) in [6.45, 7) is 6.40. The van der Waals surface area contributed by atoms with Gasteiger partial charge in [-0.3, -0.25) is 4.79 Å². The predicted molar refractivity (Wildman–Crippen MR) is 79.2 cm³/mol. The van der Waals surface area contributed by atoms with Gasteiger partial charge in [0.1, 0.15) is 5.54 Å². The normalized spacial score (nSPS) is 21.9. The first-order valence-electron chi connectivity index (χ1n) is 7.27. The minimum Gasteiger partial charge on any atom is -0.467 e. The Balaban J connectivity index is 2.93. The molecular weight excluding hydrogens is 254 g/mol. The molecule has 0 aliphatic carbocycles. The van der Waals surface area contributed by atoms with Crippen LogP contribution in [0.15, 0.2) is 24.9 Å². The van der Waals surface area contributed by atoms with Gasteiger partial charge in [-0.15, -0.1) is 6.58 Å². The highest BCUT2D eigenvalue weighted by atomic mass is 16.5. The van der Waals surface area contributed by atoms with Crippen LogP contribution in [0.25, 0.3) is 0 Å². The Hall–Kier alpha value is -1.58. The van der Waals surface area contributed by atoms with Crippen LogP contribution >= 0.6 is 0 Å². The minimum absolute atomic E-state index is 0.0220. The molecule has 1 aliphatic heterocycles. The molecule has 0 aromatic carbocycles. The van der Waals surface area contributed by atoms with Crippen LogP contribution in [-0.2, 0) is 14.3 Å². The lowest BCUT2D eigenvalue weighted by Crippen LogP contribution is -2.55. The van der Waals surface area contributed by atoms with Crippen molar-refractivity contribution in [1.82, 2.24) is 4.90 Å². The van der Waals surface area contributed by atoms with Gasteiger partial charge >= 0.3 is 5.97 Å². The van der Waals surface area contributed by atoms with Crippen LogP contribution in [0.5, 0.6) is 0 Å². The predicted octanol–water partition coefficient (Wildman–Crippen LogP) is 2.84. The molecule has 0 saturated carbocycles. The van der Waals surface area contributed by atoms with Crippen molar-refractivity contribution < 1.29 is 14.3 Å². The number of esters is 1. The number of unbranched alkanes of at least 4 members (excludes halogenated alkanes) is 3. The summed E-state index contributed by atoms with van der Waals surface area (Å²) in [7, 11) is 1.38. The topological polar surface area (TPSA) is 46.6 Å². The van der Waals surface area contributed by atoms with Gasteiger partial charge in [-0.2, -0.15) is 0 Å². The SMILES string of the molecule is C=CCN1C=CC(=O)CC1(CCCCCC)C(=O)OC. The van der Waals surface area contributed by atoms with Crippen molar-refractivity contribution in [3.05, 3.63) is 24.9 Å². The number of hydrogen-bond acceptors (Lipinski definition) is 4. The standard InChI is InChI=1S/C16H25NO3/c1-4-6-7-8-10-16(15(19)20-3)13-14(18)9-12-17(16)11-5-2/h5,9,12H,2,4,6-8,10-11,13H2,1,3H3. The molecule has 0 radical (unpaired) electrons. The summed E-state index contributed by atoms with van der Waals surface area (Å²) in [5, 5.41) is 0. The Morgan fingerprint density at radius 3 is 2.85 bits per heavy atom. The molecule has 1 rings (SSSR count). The van der Waals surface area contributed by atoms with Gasteiger partial charge in [-0.25, -0.2) is 4.79 Å². The third-order valence-corrected chi connectivity index (χ3v) is 3.79. The first kappa shape index (κ1) is 16.5. The van der Waals surface area contributed by atoms with E-state index in [4.69, 9.17) is 4.74 Å². The highest BCUT2D eigenvalue weighted by molar-refractivity contribution is 5.97. The average Bonchev–Trinajstić information content (AvgIpc) is 2.45. The fourth-order valence-electron chi connectivity index (χ4n) is 2.70. The summed E-state index contributed by atoms with van der Waals surface area (Å²) in [6.07, 6.45) is 10.1. The zero-order valence-corrected chi connectivity index (χ0v) is 12.6. The summed E-state index contributed by atoms with van der Waals surface area (Å²) < 4.78 is 4.97. The second kappa shape index (κ2) is 7.88. The van der Waals surface area contributed by atoms with E-state index in [1.807, 2.05) is 4.90 Å². The highest BCUT2D eigenvalue weighted by Crippen LogP contribution is 2.32. The lowest BCUT2D eigenvalue weighted by molar-refractivity contribution is -0.156. The number of ether oxygens (including phenoxy) is 1. The quantitative estimate of drug-likeness (QED) is 0.389. The molecule has 1 unspecified atom stereocenters. The van der Waals surface area contributed by atoms with E-state index in [1.54, 1.807) is 12.3 Å². The van der Waals surface area contributed by atoms with Gasteiger partial charge in [0.05, 0.1) is 7.11 Å². The zero-order chi connectivity index (χ0) is 15.0. The molecular formula is C16H25NO3. The molecule has 1 heterocycles. The Kier molecular flexibility index (Phi) is 6.49. The lowest BCUT2D eigenvalue weighted by Gasteiger charge is -2.42. The van der Waals surface area contributed by atoms with E-state index in [1.165, 1.54) is 13.2 Å². The molecule has 20 heavy (non-hydrogen) atoms. The van der Waals surface area contributed by atoms with E-state index in [0.29, 0.717) is 13.0 Å². The molecule has 4 nitrogen and oxygen atoms in total.